The smallest absolute Gasteiger partial charge is 0.136 e. The van der Waals surface area contributed by atoms with Crippen LogP contribution in [-0.2, 0) is 22.4 Å². The fourth-order valence-electron chi connectivity index (χ4n) is 2.78. The topological polar surface area (TPSA) is 34.1 Å². The van der Waals surface area contributed by atoms with Gasteiger partial charge in [0.1, 0.15) is 11.6 Å². The first kappa shape index (κ1) is 17.1. The van der Waals surface area contributed by atoms with Crippen LogP contribution in [0.25, 0.3) is 0 Å². The number of ketones is 2. The van der Waals surface area contributed by atoms with E-state index in [0.29, 0.717) is 12.8 Å². The quantitative estimate of drug-likeness (QED) is 0.729. The van der Waals surface area contributed by atoms with Gasteiger partial charge in [0.15, 0.2) is 0 Å². The van der Waals surface area contributed by atoms with E-state index in [1.165, 1.54) is 0 Å². The predicted octanol–water partition coefficient (Wildman–Crippen LogP) is 4.27. The molecule has 0 amide bonds. The fraction of sp³-hybridized carbons (Fsp3) is 0.333. The monoisotopic (exact) mass is 308 g/mol. The summed E-state index contributed by atoms with van der Waals surface area (Å²) in [4.78, 5) is 24.4. The molecule has 2 unspecified atom stereocenters. The maximum Gasteiger partial charge on any atom is 0.136 e. The van der Waals surface area contributed by atoms with E-state index in [4.69, 9.17) is 0 Å². The molecule has 2 aromatic carbocycles. The van der Waals surface area contributed by atoms with Gasteiger partial charge in [-0.25, -0.2) is 0 Å². The van der Waals surface area contributed by atoms with Crippen LogP contribution in [0.15, 0.2) is 60.7 Å². The first-order valence-corrected chi connectivity index (χ1v) is 8.17. The third kappa shape index (κ3) is 5.48. The van der Waals surface area contributed by atoms with E-state index in [2.05, 4.69) is 0 Å². The van der Waals surface area contributed by atoms with Gasteiger partial charge in [0.25, 0.3) is 0 Å². The van der Waals surface area contributed by atoms with Gasteiger partial charge in [0, 0.05) is 18.3 Å². The van der Waals surface area contributed by atoms with Crippen LogP contribution in [0.1, 0.15) is 31.4 Å². The van der Waals surface area contributed by atoms with Crippen LogP contribution in [0.3, 0.4) is 0 Å². The molecule has 2 atom stereocenters. The Morgan fingerprint density at radius 1 is 0.826 bits per heavy atom. The lowest BCUT2D eigenvalue weighted by Gasteiger charge is -2.16. The average molecular weight is 308 g/mol. The zero-order chi connectivity index (χ0) is 16.7. The number of carbonyl (C=O) groups excluding carboxylic acids is 2. The molecule has 0 N–H and O–H groups in total. The molecule has 0 heterocycles. The summed E-state index contributed by atoms with van der Waals surface area (Å²) in [5, 5.41) is 0. The highest BCUT2D eigenvalue weighted by atomic mass is 16.1. The SMILES string of the molecule is CC(=O)C(CC(=O)C(C)Cc1ccccc1)Cc1ccccc1. The zero-order valence-corrected chi connectivity index (χ0v) is 13.9. The standard InChI is InChI=1S/C21H24O2/c1-16(13-18-9-5-3-6-10-18)21(23)15-20(17(2)22)14-19-11-7-4-8-12-19/h3-12,16,20H,13-15H2,1-2H3. The Balaban J connectivity index is 1.96. The van der Waals surface area contributed by atoms with E-state index in [1.54, 1.807) is 6.92 Å². The molecule has 2 aromatic rings. The summed E-state index contributed by atoms with van der Waals surface area (Å²) in [5.74, 6) is -0.0164. The highest BCUT2D eigenvalue weighted by Gasteiger charge is 2.22. The van der Waals surface area contributed by atoms with Crippen molar-refractivity contribution in [2.24, 2.45) is 11.8 Å². The lowest BCUT2D eigenvalue weighted by Crippen LogP contribution is -2.23. The number of hydrogen-bond donors (Lipinski definition) is 0. The van der Waals surface area contributed by atoms with E-state index in [-0.39, 0.29) is 23.4 Å². The van der Waals surface area contributed by atoms with E-state index < -0.39 is 0 Å². The normalized spacial score (nSPS) is 13.3. The van der Waals surface area contributed by atoms with Crippen molar-refractivity contribution in [3.05, 3.63) is 71.8 Å². The third-order valence-corrected chi connectivity index (χ3v) is 4.28. The number of carbonyl (C=O) groups is 2. The van der Waals surface area contributed by atoms with E-state index in [1.807, 2.05) is 67.6 Å². The number of Topliss-reactive ketones (excluding diaryl/α,β-unsaturated/α-hetero) is 2. The van der Waals surface area contributed by atoms with Crippen molar-refractivity contribution in [2.75, 3.05) is 0 Å². The Hall–Kier alpha value is -2.22. The third-order valence-electron chi connectivity index (χ3n) is 4.28. The van der Waals surface area contributed by atoms with Crippen LogP contribution < -0.4 is 0 Å². The number of hydrogen-bond acceptors (Lipinski definition) is 2. The summed E-state index contributed by atoms with van der Waals surface area (Å²) in [7, 11) is 0. The Kier molecular flexibility index (Phi) is 6.28. The van der Waals surface area contributed by atoms with Crippen molar-refractivity contribution in [1.29, 1.82) is 0 Å². The summed E-state index contributed by atoms with van der Waals surface area (Å²) >= 11 is 0. The molecule has 2 nitrogen and oxygen atoms in total. The van der Waals surface area contributed by atoms with Crippen LogP contribution in [0.2, 0.25) is 0 Å². The molecule has 0 fully saturated rings. The molecule has 0 aliphatic heterocycles. The van der Waals surface area contributed by atoms with Crippen LogP contribution in [0.4, 0.5) is 0 Å². The van der Waals surface area contributed by atoms with Gasteiger partial charge in [-0.3, -0.25) is 9.59 Å². The highest BCUT2D eigenvalue weighted by Crippen LogP contribution is 2.18. The Bertz CT molecular complexity index is 631. The first-order valence-electron chi connectivity index (χ1n) is 8.17. The van der Waals surface area contributed by atoms with Crippen LogP contribution in [-0.4, -0.2) is 11.6 Å². The second-order valence-corrected chi connectivity index (χ2v) is 6.26. The second-order valence-electron chi connectivity index (χ2n) is 6.26. The maximum absolute atomic E-state index is 12.5. The van der Waals surface area contributed by atoms with Gasteiger partial charge in [0.2, 0.25) is 0 Å². The van der Waals surface area contributed by atoms with Gasteiger partial charge in [0.05, 0.1) is 0 Å². The highest BCUT2D eigenvalue weighted by molar-refractivity contribution is 5.88. The zero-order valence-electron chi connectivity index (χ0n) is 13.9. The van der Waals surface area contributed by atoms with E-state index in [0.717, 1.165) is 17.5 Å². The Morgan fingerprint density at radius 2 is 1.30 bits per heavy atom. The van der Waals surface area contributed by atoms with Gasteiger partial charge < -0.3 is 0 Å². The van der Waals surface area contributed by atoms with E-state index >= 15 is 0 Å². The van der Waals surface area contributed by atoms with Crippen molar-refractivity contribution in [3.63, 3.8) is 0 Å². The molecular formula is C21H24O2. The van der Waals surface area contributed by atoms with Gasteiger partial charge in [-0.2, -0.15) is 0 Å². The Morgan fingerprint density at radius 3 is 1.78 bits per heavy atom. The largest absolute Gasteiger partial charge is 0.300 e. The molecule has 0 saturated heterocycles. The summed E-state index contributed by atoms with van der Waals surface area (Å²) in [6.45, 7) is 3.54. The Labute approximate surface area is 138 Å². The predicted molar refractivity (Wildman–Crippen MR) is 93.3 cm³/mol. The van der Waals surface area contributed by atoms with Crippen LogP contribution in [0, 0.1) is 11.8 Å². The molecular weight excluding hydrogens is 284 g/mol. The maximum atomic E-state index is 12.5. The van der Waals surface area contributed by atoms with Gasteiger partial charge in [-0.05, 0) is 30.9 Å². The molecule has 0 aromatic heterocycles. The number of rotatable bonds is 8. The van der Waals surface area contributed by atoms with Gasteiger partial charge >= 0.3 is 0 Å². The van der Waals surface area contributed by atoms with Crippen LogP contribution >= 0.6 is 0 Å². The summed E-state index contributed by atoms with van der Waals surface area (Å²) in [5.41, 5.74) is 2.27. The minimum Gasteiger partial charge on any atom is -0.300 e. The summed E-state index contributed by atoms with van der Waals surface area (Å²) < 4.78 is 0. The molecule has 2 rings (SSSR count). The molecule has 23 heavy (non-hydrogen) atoms. The molecule has 0 aliphatic rings. The van der Waals surface area contributed by atoms with Gasteiger partial charge in [-0.1, -0.05) is 67.6 Å². The lowest BCUT2D eigenvalue weighted by atomic mass is 9.86. The minimum absolute atomic E-state index is 0.0602. The van der Waals surface area contributed by atoms with Gasteiger partial charge in [-0.15, -0.1) is 0 Å². The minimum atomic E-state index is -0.219. The van der Waals surface area contributed by atoms with Crippen molar-refractivity contribution >= 4 is 11.6 Å². The number of benzene rings is 2. The van der Waals surface area contributed by atoms with E-state index in [9.17, 15) is 9.59 Å². The van der Waals surface area contributed by atoms with Crippen molar-refractivity contribution in [2.45, 2.75) is 33.1 Å². The lowest BCUT2D eigenvalue weighted by molar-refractivity contribution is -0.128. The fourth-order valence-corrected chi connectivity index (χ4v) is 2.78. The molecule has 0 saturated carbocycles. The second kappa shape index (κ2) is 8.42. The molecule has 0 bridgehead atoms. The average Bonchev–Trinajstić information content (AvgIpc) is 2.56. The van der Waals surface area contributed by atoms with Crippen molar-refractivity contribution in [1.82, 2.24) is 0 Å². The van der Waals surface area contributed by atoms with Crippen molar-refractivity contribution < 1.29 is 9.59 Å². The molecule has 0 radical (unpaired) electrons. The molecule has 0 aliphatic carbocycles. The van der Waals surface area contributed by atoms with Crippen molar-refractivity contribution in [3.8, 4) is 0 Å². The van der Waals surface area contributed by atoms with Crippen LogP contribution in [0.5, 0.6) is 0 Å². The molecule has 0 spiro atoms. The molecule has 2 heteroatoms. The summed E-state index contributed by atoms with van der Waals surface area (Å²) in [6.07, 6.45) is 1.70. The molecule has 120 valence electrons. The summed E-state index contributed by atoms with van der Waals surface area (Å²) in [6, 6.07) is 19.9. The first-order chi connectivity index (χ1) is 11.1.